The zero-order valence-electron chi connectivity index (χ0n) is 9.48. The van der Waals surface area contributed by atoms with E-state index in [1.54, 1.807) is 12.3 Å². The molecule has 88 valence electrons. The minimum atomic E-state index is 0.521. The molecule has 0 atom stereocenters. The molecule has 0 aliphatic carbocycles. The largest absolute Gasteiger partial charge is 0.438 e. The quantitative estimate of drug-likeness (QED) is 0.936. The number of aromatic nitrogens is 1. The average Bonchev–Trinajstić information content (AvgIpc) is 2.33. The van der Waals surface area contributed by atoms with Gasteiger partial charge in [0.15, 0.2) is 0 Å². The summed E-state index contributed by atoms with van der Waals surface area (Å²) in [5.41, 5.74) is 7.45. The number of nitrogen functional groups attached to an aromatic ring is 1. The van der Waals surface area contributed by atoms with Crippen LogP contribution in [0.1, 0.15) is 12.5 Å². The minimum absolute atomic E-state index is 0.521. The number of hydrogen-bond donors (Lipinski definition) is 1. The van der Waals surface area contributed by atoms with Gasteiger partial charge in [0, 0.05) is 0 Å². The van der Waals surface area contributed by atoms with E-state index in [0.717, 1.165) is 16.6 Å². The van der Waals surface area contributed by atoms with E-state index in [1.807, 2.05) is 18.2 Å². The number of rotatable bonds is 3. The Labute approximate surface area is 109 Å². The molecule has 0 bridgehead atoms. The van der Waals surface area contributed by atoms with Crippen LogP contribution in [0.15, 0.2) is 41.0 Å². The smallest absolute Gasteiger partial charge is 0.233 e. The van der Waals surface area contributed by atoms with E-state index in [9.17, 15) is 0 Å². The van der Waals surface area contributed by atoms with E-state index in [2.05, 4.69) is 33.9 Å². The number of hydrogen-bond acceptors (Lipinski definition) is 3. The van der Waals surface area contributed by atoms with Gasteiger partial charge in [-0.15, -0.1) is 0 Å². The van der Waals surface area contributed by atoms with Gasteiger partial charge in [0.1, 0.15) is 5.75 Å². The highest BCUT2D eigenvalue weighted by atomic mass is 79.9. The third kappa shape index (κ3) is 2.97. The van der Waals surface area contributed by atoms with Crippen LogP contribution in [0.3, 0.4) is 0 Å². The molecular formula is C13H13BrN2O. The van der Waals surface area contributed by atoms with Crippen molar-refractivity contribution in [3.05, 3.63) is 46.6 Å². The third-order valence-corrected chi connectivity index (χ3v) is 2.92. The molecule has 0 saturated carbocycles. The third-order valence-electron chi connectivity index (χ3n) is 2.35. The van der Waals surface area contributed by atoms with Crippen LogP contribution < -0.4 is 10.5 Å². The Morgan fingerprint density at radius 1 is 1.35 bits per heavy atom. The summed E-state index contributed by atoms with van der Waals surface area (Å²) in [4.78, 5) is 4.13. The van der Waals surface area contributed by atoms with Crippen molar-refractivity contribution in [2.45, 2.75) is 13.3 Å². The van der Waals surface area contributed by atoms with Gasteiger partial charge in [-0.1, -0.05) is 19.1 Å². The van der Waals surface area contributed by atoms with Crippen LogP contribution in [0.2, 0.25) is 0 Å². The Morgan fingerprint density at radius 3 is 2.88 bits per heavy atom. The number of ether oxygens (including phenoxy) is 1. The van der Waals surface area contributed by atoms with Crippen molar-refractivity contribution in [2.75, 3.05) is 5.73 Å². The molecule has 2 N–H and O–H groups in total. The van der Waals surface area contributed by atoms with Crippen molar-refractivity contribution in [3.63, 3.8) is 0 Å². The number of nitrogens with two attached hydrogens (primary N) is 1. The number of nitrogens with zero attached hydrogens (tertiary/aromatic N) is 1. The Hall–Kier alpha value is -1.55. The van der Waals surface area contributed by atoms with Crippen LogP contribution >= 0.6 is 15.9 Å². The van der Waals surface area contributed by atoms with Crippen molar-refractivity contribution < 1.29 is 4.74 Å². The van der Waals surface area contributed by atoms with E-state index in [1.165, 1.54) is 5.56 Å². The summed E-state index contributed by atoms with van der Waals surface area (Å²) in [6.07, 6.45) is 2.55. The van der Waals surface area contributed by atoms with E-state index in [-0.39, 0.29) is 0 Å². The first-order valence-electron chi connectivity index (χ1n) is 5.37. The number of halogens is 1. The molecule has 2 aromatic rings. The van der Waals surface area contributed by atoms with Gasteiger partial charge in [0.2, 0.25) is 5.88 Å². The maximum absolute atomic E-state index is 5.69. The first kappa shape index (κ1) is 11.9. The van der Waals surface area contributed by atoms with Crippen LogP contribution in [0.5, 0.6) is 11.6 Å². The van der Waals surface area contributed by atoms with Crippen LogP contribution in [-0.4, -0.2) is 4.98 Å². The normalized spacial score (nSPS) is 10.2. The Balaban J connectivity index is 2.25. The molecule has 0 saturated heterocycles. The molecule has 3 nitrogen and oxygen atoms in total. The molecule has 0 aliphatic heterocycles. The van der Waals surface area contributed by atoms with Gasteiger partial charge >= 0.3 is 0 Å². The van der Waals surface area contributed by atoms with Gasteiger partial charge in [-0.2, -0.15) is 0 Å². The van der Waals surface area contributed by atoms with E-state index in [4.69, 9.17) is 10.5 Å². The molecule has 1 aromatic heterocycles. The summed E-state index contributed by atoms with van der Waals surface area (Å²) in [6.45, 7) is 2.11. The van der Waals surface area contributed by atoms with E-state index < -0.39 is 0 Å². The second-order valence-electron chi connectivity index (χ2n) is 3.66. The van der Waals surface area contributed by atoms with Crippen LogP contribution in [0.4, 0.5) is 5.69 Å². The minimum Gasteiger partial charge on any atom is -0.438 e. The SMILES string of the molecule is CCc1cccc(Oc2ncc(N)cc2Br)c1. The van der Waals surface area contributed by atoms with E-state index in [0.29, 0.717) is 11.6 Å². The van der Waals surface area contributed by atoms with Crippen molar-refractivity contribution >= 4 is 21.6 Å². The molecule has 0 fully saturated rings. The topological polar surface area (TPSA) is 48.1 Å². The lowest BCUT2D eigenvalue weighted by Gasteiger charge is -2.08. The fraction of sp³-hybridized carbons (Fsp3) is 0.154. The van der Waals surface area contributed by atoms with Gasteiger partial charge in [-0.3, -0.25) is 0 Å². The lowest BCUT2D eigenvalue weighted by molar-refractivity contribution is 0.459. The molecule has 17 heavy (non-hydrogen) atoms. The molecule has 2 rings (SSSR count). The lowest BCUT2D eigenvalue weighted by Crippen LogP contribution is -1.92. The summed E-state index contributed by atoms with van der Waals surface area (Å²) >= 11 is 3.37. The number of aryl methyl sites for hydroxylation is 1. The first-order valence-corrected chi connectivity index (χ1v) is 6.16. The molecule has 1 aromatic carbocycles. The zero-order valence-corrected chi connectivity index (χ0v) is 11.1. The fourth-order valence-electron chi connectivity index (χ4n) is 1.46. The second kappa shape index (κ2) is 5.19. The van der Waals surface area contributed by atoms with Crippen molar-refractivity contribution in [2.24, 2.45) is 0 Å². The molecule has 0 spiro atoms. The van der Waals surface area contributed by atoms with Gasteiger partial charge in [0.05, 0.1) is 16.4 Å². The van der Waals surface area contributed by atoms with Crippen LogP contribution in [0, 0.1) is 0 Å². The zero-order chi connectivity index (χ0) is 12.3. The highest BCUT2D eigenvalue weighted by molar-refractivity contribution is 9.10. The number of anilines is 1. The lowest BCUT2D eigenvalue weighted by atomic mass is 10.2. The Morgan fingerprint density at radius 2 is 2.18 bits per heavy atom. The second-order valence-corrected chi connectivity index (χ2v) is 4.51. The van der Waals surface area contributed by atoms with Crippen molar-refractivity contribution in [1.29, 1.82) is 0 Å². The molecule has 0 radical (unpaired) electrons. The molecule has 0 aliphatic rings. The fourth-order valence-corrected chi connectivity index (χ4v) is 1.90. The Kier molecular flexibility index (Phi) is 3.64. The summed E-state index contributed by atoms with van der Waals surface area (Å²) in [5, 5.41) is 0. The molecule has 1 heterocycles. The van der Waals surface area contributed by atoms with Gasteiger partial charge in [0.25, 0.3) is 0 Å². The predicted octanol–water partition coefficient (Wildman–Crippen LogP) is 3.78. The van der Waals surface area contributed by atoms with Gasteiger partial charge in [-0.05, 0) is 46.1 Å². The number of benzene rings is 1. The molecular weight excluding hydrogens is 280 g/mol. The van der Waals surface area contributed by atoms with E-state index >= 15 is 0 Å². The Bertz CT molecular complexity index is 529. The maximum atomic E-state index is 5.69. The van der Waals surface area contributed by atoms with Crippen LogP contribution in [-0.2, 0) is 6.42 Å². The highest BCUT2D eigenvalue weighted by Crippen LogP contribution is 2.29. The van der Waals surface area contributed by atoms with Crippen LogP contribution in [0.25, 0.3) is 0 Å². The molecule has 0 unspecified atom stereocenters. The summed E-state index contributed by atoms with van der Waals surface area (Å²) in [6, 6.07) is 9.72. The first-order chi connectivity index (χ1) is 8.19. The van der Waals surface area contributed by atoms with Crippen molar-refractivity contribution in [3.8, 4) is 11.6 Å². The average molecular weight is 293 g/mol. The monoisotopic (exact) mass is 292 g/mol. The van der Waals surface area contributed by atoms with Gasteiger partial charge < -0.3 is 10.5 Å². The standard InChI is InChI=1S/C13H13BrN2O/c1-2-9-4-3-5-11(6-9)17-13-12(14)7-10(15)8-16-13/h3-8H,2,15H2,1H3. The predicted molar refractivity (Wildman–Crippen MR) is 72.2 cm³/mol. The summed E-state index contributed by atoms with van der Waals surface area (Å²) in [5.74, 6) is 1.30. The number of pyridine rings is 1. The van der Waals surface area contributed by atoms with Crippen molar-refractivity contribution in [1.82, 2.24) is 4.98 Å². The highest BCUT2D eigenvalue weighted by Gasteiger charge is 2.05. The summed E-state index contributed by atoms with van der Waals surface area (Å²) < 4.78 is 6.44. The van der Waals surface area contributed by atoms with Gasteiger partial charge in [-0.25, -0.2) is 4.98 Å². The summed E-state index contributed by atoms with van der Waals surface area (Å²) in [7, 11) is 0. The maximum Gasteiger partial charge on any atom is 0.233 e. The molecule has 0 amide bonds. The molecule has 4 heteroatoms.